The highest BCUT2D eigenvalue weighted by molar-refractivity contribution is 5.94. The van der Waals surface area contributed by atoms with Gasteiger partial charge in [0.15, 0.2) is 11.5 Å². The number of rotatable bonds is 10. The molecule has 3 aromatic rings. The Kier molecular flexibility index (Phi) is 8.04. The monoisotopic (exact) mass is 507 g/mol. The number of carbonyl (C=O) groups is 1. The fraction of sp³-hybridized carbons (Fsp3) is 0.375. The highest BCUT2D eigenvalue weighted by Gasteiger charge is 2.30. The molecule has 0 saturated carbocycles. The molecule has 1 aliphatic rings. The van der Waals surface area contributed by atoms with Gasteiger partial charge >= 0.3 is 13.2 Å². The van der Waals surface area contributed by atoms with Gasteiger partial charge in [0.2, 0.25) is 11.6 Å². The maximum absolute atomic E-state index is 12.9. The smallest absolute Gasteiger partial charge is 0.387 e. The van der Waals surface area contributed by atoms with Crippen LogP contribution >= 0.6 is 0 Å². The van der Waals surface area contributed by atoms with Crippen LogP contribution < -0.4 is 14.4 Å². The minimum Gasteiger partial charge on any atom is -0.431 e. The fourth-order valence-corrected chi connectivity index (χ4v) is 4.21. The fourth-order valence-electron chi connectivity index (χ4n) is 4.21. The summed E-state index contributed by atoms with van der Waals surface area (Å²) in [6.45, 7) is -3.14. The molecule has 36 heavy (non-hydrogen) atoms. The molecule has 4 rings (SSSR count). The summed E-state index contributed by atoms with van der Waals surface area (Å²) in [5.74, 6) is -0.491. The molecule has 1 aromatic heterocycles. The third-order valence-corrected chi connectivity index (χ3v) is 5.84. The summed E-state index contributed by atoms with van der Waals surface area (Å²) >= 11 is 0. The number of aromatic nitrogens is 3. The predicted octanol–water partition coefficient (Wildman–Crippen LogP) is 3.93. The number of H-pyrrole nitrogens is 1. The van der Waals surface area contributed by atoms with Crippen LogP contribution in [0.3, 0.4) is 0 Å². The molecule has 0 amide bonds. The van der Waals surface area contributed by atoms with Crippen LogP contribution in [0, 0.1) is 6.92 Å². The topological polar surface area (TPSA) is 83.6 Å². The van der Waals surface area contributed by atoms with Gasteiger partial charge in [0.05, 0.1) is 6.54 Å². The standard InChI is InChI=1S/C24H25F4N5O3/c1-15-29-22(31-30-15)19(34)14-33-10-9-32(13-18(33)11-16-5-3-2-4-6-16)17-7-8-20(35-23(25)26)21(12-17)36-24(27)28/h2-8,12,18,23-24H,9-11,13-14H2,1H3,(H,29,30,31)/t18-/m0/s1. The minimum absolute atomic E-state index is 0.110. The van der Waals surface area contributed by atoms with Gasteiger partial charge in [-0.3, -0.25) is 14.8 Å². The summed E-state index contributed by atoms with van der Waals surface area (Å²) in [5.41, 5.74) is 1.58. The van der Waals surface area contributed by atoms with Crippen LogP contribution in [-0.2, 0) is 6.42 Å². The number of Topliss-reactive ketones (excluding diaryl/α,β-unsaturated/α-hetero) is 1. The van der Waals surface area contributed by atoms with Crippen molar-refractivity contribution in [2.24, 2.45) is 0 Å². The molecule has 192 valence electrons. The molecule has 1 N–H and O–H groups in total. The second-order valence-electron chi connectivity index (χ2n) is 8.32. The SMILES string of the molecule is Cc1nc(C(=O)CN2CCN(c3ccc(OC(F)F)c(OC(F)F)c3)C[C@@H]2Cc2ccccc2)n[nH]1. The minimum atomic E-state index is -3.20. The maximum Gasteiger partial charge on any atom is 0.387 e. The molecule has 0 unspecified atom stereocenters. The summed E-state index contributed by atoms with van der Waals surface area (Å²) in [6.07, 6.45) is 0.630. The van der Waals surface area contributed by atoms with Crippen LogP contribution in [0.25, 0.3) is 0 Å². The van der Waals surface area contributed by atoms with E-state index in [1.54, 1.807) is 6.92 Å². The van der Waals surface area contributed by atoms with Crippen LogP contribution in [0.2, 0.25) is 0 Å². The molecule has 2 aromatic carbocycles. The molecular weight excluding hydrogens is 482 g/mol. The van der Waals surface area contributed by atoms with E-state index in [2.05, 4.69) is 24.7 Å². The van der Waals surface area contributed by atoms with E-state index in [4.69, 9.17) is 0 Å². The van der Waals surface area contributed by atoms with Crippen molar-refractivity contribution >= 4 is 11.5 Å². The third kappa shape index (κ3) is 6.51. The number of nitrogens with one attached hydrogen (secondary N) is 1. The first kappa shape index (κ1) is 25.4. The van der Waals surface area contributed by atoms with Crippen molar-refractivity contribution in [2.75, 3.05) is 31.1 Å². The van der Waals surface area contributed by atoms with Crippen LogP contribution in [0.15, 0.2) is 48.5 Å². The summed E-state index contributed by atoms with van der Waals surface area (Å²) in [7, 11) is 0. The molecule has 1 saturated heterocycles. The number of nitrogens with zero attached hydrogens (tertiary/aromatic N) is 4. The Labute approximate surface area is 204 Å². The van der Waals surface area contributed by atoms with Gasteiger partial charge in [-0.05, 0) is 31.0 Å². The highest BCUT2D eigenvalue weighted by Crippen LogP contribution is 2.35. The first-order valence-electron chi connectivity index (χ1n) is 11.3. The van der Waals surface area contributed by atoms with Gasteiger partial charge in [-0.1, -0.05) is 30.3 Å². The van der Waals surface area contributed by atoms with E-state index in [1.165, 1.54) is 18.2 Å². The molecule has 12 heteroatoms. The normalized spacial score (nSPS) is 16.5. The number of aromatic amines is 1. The largest absolute Gasteiger partial charge is 0.431 e. The molecule has 1 aliphatic heterocycles. The Morgan fingerprint density at radius 2 is 1.78 bits per heavy atom. The van der Waals surface area contributed by atoms with Crippen molar-refractivity contribution < 1.29 is 31.8 Å². The molecule has 1 atom stereocenters. The van der Waals surface area contributed by atoms with Gasteiger partial charge in [-0.25, -0.2) is 4.98 Å². The first-order chi connectivity index (χ1) is 17.3. The maximum atomic E-state index is 12.9. The van der Waals surface area contributed by atoms with Gasteiger partial charge in [-0.15, -0.1) is 0 Å². The van der Waals surface area contributed by atoms with Crippen molar-refractivity contribution in [2.45, 2.75) is 32.6 Å². The number of piperazine rings is 1. The van der Waals surface area contributed by atoms with E-state index >= 15 is 0 Å². The van der Waals surface area contributed by atoms with E-state index < -0.39 is 24.7 Å². The van der Waals surface area contributed by atoms with Crippen LogP contribution in [-0.4, -0.2) is 71.3 Å². The number of hydrogen-bond donors (Lipinski definition) is 1. The van der Waals surface area contributed by atoms with Gasteiger partial charge in [0.25, 0.3) is 0 Å². The predicted molar refractivity (Wildman–Crippen MR) is 123 cm³/mol. The molecule has 8 nitrogen and oxygen atoms in total. The van der Waals surface area contributed by atoms with E-state index in [0.717, 1.165) is 5.56 Å². The summed E-state index contributed by atoms with van der Waals surface area (Å²) < 4.78 is 60.0. The lowest BCUT2D eigenvalue weighted by Gasteiger charge is -2.42. The molecule has 2 heterocycles. The number of carbonyl (C=O) groups excluding carboxylic acids is 1. The lowest BCUT2D eigenvalue weighted by Crippen LogP contribution is -2.55. The molecule has 1 fully saturated rings. The van der Waals surface area contributed by atoms with Crippen LogP contribution in [0.1, 0.15) is 22.0 Å². The Hall–Kier alpha value is -3.67. The third-order valence-electron chi connectivity index (χ3n) is 5.84. The number of hydrogen-bond acceptors (Lipinski definition) is 7. The van der Waals surface area contributed by atoms with E-state index in [1.807, 2.05) is 40.1 Å². The summed E-state index contributed by atoms with van der Waals surface area (Å²) in [5, 5.41) is 6.62. The average molecular weight is 507 g/mol. The number of alkyl halides is 4. The second kappa shape index (κ2) is 11.4. The van der Waals surface area contributed by atoms with Crippen molar-refractivity contribution in [3.63, 3.8) is 0 Å². The van der Waals surface area contributed by atoms with E-state index in [0.29, 0.717) is 37.6 Å². The Balaban J connectivity index is 1.55. The molecule has 0 radical (unpaired) electrons. The number of ether oxygens (including phenoxy) is 2. The van der Waals surface area contributed by atoms with Crippen LogP contribution in [0.4, 0.5) is 23.2 Å². The Morgan fingerprint density at radius 3 is 2.44 bits per heavy atom. The van der Waals surface area contributed by atoms with Crippen molar-refractivity contribution in [3.05, 3.63) is 65.7 Å². The Bertz CT molecular complexity index is 1160. The quantitative estimate of drug-likeness (QED) is 0.329. The first-order valence-corrected chi connectivity index (χ1v) is 11.3. The zero-order valence-corrected chi connectivity index (χ0v) is 19.4. The number of aryl methyl sites for hydroxylation is 1. The molecule has 0 spiro atoms. The van der Waals surface area contributed by atoms with E-state index in [-0.39, 0.29) is 24.2 Å². The molecule has 0 aliphatic carbocycles. The highest BCUT2D eigenvalue weighted by atomic mass is 19.3. The Morgan fingerprint density at radius 1 is 1.06 bits per heavy atom. The van der Waals surface area contributed by atoms with Crippen molar-refractivity contribution in [1.82, 2.24) is 20.1 Å². The zero-order valence-electron chi connectivity index (χ0n) is 19.4. The van der Waals surface area contributed by atoms with Gasteiger partial charge in [0.1, 0.15) is 5.82 Å². The summed E-state index contributed by atoms with van der Waals surface area (Å²) in [6, 6.07) is 13.6. The number of anilines is 1. The zero-order chi connectivity index (χ0) is 25.7. The second-order valence-corrected chi connectivity index (χ2v) is 8.32. The van der Waals surface area contributed by atoms with Gasteiger partial charge in [-0.2, -0.15) is 22.7 Å². The lowest BCUT2D eigenvalue weighted by molar-refractivity contribution is -0.0692. The molecular formula is C24H25F4N5O3. The van der Waals surface area contributed by atoms with Crippen LogP contribution in [0.5, 0.6) is 11.5 Å². The van der Waals surface area contributed by atoms with E-state index in [9.17, 15) is 22.4 Å². The van der Waals surface area contributed by atoms with Gasteiger partial charge < -0.3 is 14.4 Å². The van der Waals surface area contributed by atoms with Crippen molar-refractivity contribution in [3.8, 4) is 11.5 Å². The van der Waals surface area contributed by atoms with Gasteiger partial charge in [0, 0.05) is 37.4 Å². The van der Waals surface area contributed by atoms with Crippen molar-refractivity contribution in [1.29, 1.82) is 0 Å². The summed E-state index contributed by atoms with van der Waals surface area (Å²) in [4.78, 5) is 20.9. The molecule has 0 bridgehead atoms. The number of halogens is 4. The number of ketones is 1. The average Bonchev–Trinajstić information content (AvgIpc) is 3.28. The lowest BCUT2D eigenvalue weighted by atomic mass is 10.0. The number of benzene rings is 2.